The van der Waals surface area contributed by atoms with Crippen molar-refractivity contribution >= 4 is 11.8 Å². The molecule has 0 saturated carbocycles. The normalized spacial score (nSPS) is 19.6. The van der Waals surface area contributed by atoms with Gasteiger partial charge in [-0.25, -0.2) is 4.98 Å². The van der Waals surface area contributed by atoms with Crippen molar-refractivity contribution in [3.05, 3.63) is 35.5 Å². The molecule has 0 unspecified atom stereocenters. The Bertz CT molecular complexity index is 790. The van der Waals surface area contributed by atoms with Gasteiger partial charge in [-0.05, 0) is 6.92 Å². The number of aromatic nitrogens is 4. The maximum absolute atomic E-state index is 12.7. The van der Waals surface area contributed by atoms with E-state index in [0.29, 0.717) is 11.7 Å². The first-order valence-electron chi connectivity index (χ1n) is 8.14. The lowest BCUT2D eigenvalue weighted by atomic mass is 9.95. The second-order valence-corrected chi connectivity index (χ2v) is 6.06. The minimum atomic E-state index is -0.488. The van der Waals surface area contributed by atoms with Crippen LogP contribution < -0.4 is 5.32 Å². The SMILES string of the molecule is CNC(=O)[C@@H]1CN(C(=O)c2cnc(C)cn2)C[C@H]1c1nc(COC)no1. The van der Waals surface area contributed by atoms with E-state index >= 15 is 0 Å². The van der Waals surface area contributed by atoms with Gasteiger partial charge in [-0.15, -0.1) is 0 Å². The molecule has 0 aliphatic carbocycles. The number of carbonyl (C=O) groups is 2. The molecular formula is C16H20N6O4. The van der Waals surface area contributed by atoms with Crippen molar-refractivity contribution in [2.24, 2.45) is 5.92 Å². The molecule has 2 amide bonds. The van der Waals surface area contributed by atoms with Crippen molar-refractivity contribution in [3.8, 4) is 0 Å². The second kappa shape index (κ2) is 7.56. The Morgan fingerprint density at radius 1 is 1.35 bits per heavy atom. The van der Waals surface area contributed by atoms with Crippen molar-refractivity contribution < 1.29 is 18.8 Å². The zero-order chi connectivity index (χ0) is 18.7. The number of rotatable bonds is 5. The molecule has 0 bridgehead atoms. The Morgan fingerprint density at radius 2 is 2.15 bits per heavy atom. The molecule has 1 aliphatic heterocycles. The summed E-state index contributed by atoms with van der Waals surface area (Å²) in [7, 11) is 3.08. The van der Waals surface area contributed by atoms with Gasteiger partial charge in [0.15, 0.2) is 5.82 Å². The maximum Gasteiger partial charge on any atom is 0.274 e. The van der Waals surface area contributed by atoms with Gasteiger partial charge in [-0.1, -0.05) is 5.16 Å². The fourth-order valence-electron chi connectivity index (χ4n) is 2.94. The third-order valence-corrected chi connectivity index (χ3v) is 4.26. The molecule has 10 nitrogen and oxygen atoms in total. The number of nitrogens with one attached hydrogen (secondary N) is 1. The highest BCUT2D eigenvalue weighted by molar-refractivity contribution is 5.93. The van der Waals surface area contributed by atoms with E-state index in [0.717, 1.165) is 5.69 Å². The van der Waals surface area contributed by atoms with Crippen LogP contribution in [-0.4, -0.2) is 64.1 Å². The van der Waals surface area contributed by atoms with Crippen molar-refractivity contribution in [1.29, 1.82) is 0 Å². The summed E-state index contributed by atoms with van der Waals surface area (Å²) in [6.45, 7) is 2.52. The zero-order valence-electron chi connectivity index (χ0n) is 14.8. The summed E-state index contributed by atoms with van der Waals surface area (Å²) < 4.78 is 10.3. The van der Waals surface area contributed by atoms with Crippen molar-refractivity contribution in [1.82, 2.24) is 30.3 Å². The van der Waals surface area contributed by atoms with Crippen LogP contribution in [0.15, 0.2) is 16.9 Å². The smallest absolute Gasteiger partial charge is 0.274 e. The Kier molecular flexibility index (Phi) is 5.21. The van der Waals surface area contributed by atoms with Gasteiger partial charge in [0.1, 0.15) is 12.3 Å². The van der Waals surface area contributed by atoms with Crippen molar-refractivity contribution in [2.45, 2.75) is 19.4 Å². The molecule has 138 valence electrons. The summed E-state index contributed by atoms with van der Waals surface area (Å²) in [4.78, 5) is 39.0. The van der Waals surface area contributed by atoms with Gasteiger partial charge in [0.2, 0.25) is 11.8 Å². The average Bonchev–Trinajstić information content (AvgIpc) is 3.28. The number of hydrogen-bond acceptors (Lipinski definition) is 8. The largest absolute Gasteiger partial charge is 0.377 e. The summed E-state index contributed by atoms with van der Waals surface area (Å²) in [6.07, 6.45) is 2.97. The van der Waals surface area contributed by atoms with Gasteiger partial charge in [0, 0.05) is 33.4 Å². The Balaban J connectivity index is 1.82. The standard InChI is InChI=1S/C16H20N6O4/c1-9-4-19-12(5-18-9)16(24)22-6-10(14(23)17-2)11(7-22)15-20-13(8-25-3)21-26-15/h4-5,10-11H,6-8H2,1-3H3,(H,17,23)/t10-,11-/m1/s1. The van der Waals surface area contributed by atoms with Crippen LogP contribution in [0.1, 0.15) is 33.8 Å². The van der Waals surface area contributed by atoms with E-state index in [1.54, 1.807) is 18.9 Å². The quantitative estimate of drug-likeness (QED) is 0.785. The average molecular weight is 360 g/mol. The minimum absolute atomic E-state index is 0.188. The van der Waals surface area contributed by atoms with E-state index in [4.69, 9.17) is 9.26 Å². The van der Waals surface area contributed by atoms with Crippen LogP contribution in [0.2, 0.25) is 0 Å². The van der Waals surface area contributed by atoms with Gasteiger partial charge in [-0.3, -0.25) is 14.6 Å². The van der Waals surface area contributed by atoms with Crippen LogP contribution in [0.4, 0.5) is 0 Å². The van der Waals surface area contributed by atoms with Gasteiger partial charge < -0.3 is 19.5 Å². The van der Waals surface area contributed by atoms with Gasteiger partial charge in [-0.2, -0.15) is 4.98 Å². The van der Waals surface area contributed by atoms with E-state index < -0.39 is 11.8 Å². The minimum Gasteiger partial charge on any atom is -0.377 e. The molecule has 0 aromatic carbocycles. The highest BCUT2D eigenvalue weighted by Gasteiger charge is 2.43. The van der Waals surface area contributed by atoms with Crippen LogP contribution in [0, 0.1) is 12.8 Å². The highest BCUT2D eigenvalue weighted by atomic mass is 16.5. The lowest BCUT2D eigenvalue weighted by molar-refractivity contribution is -0.124. The fourth-order valence-corrected chi connectivity index (χ4v) is 2.94. The third kappa shape index (κ3) is 3.54. The number of likely N-dealkylation sites (tertiary alicyclic amines) is 1. The second-order valence-electron chi connectivity index (χ2n) is 6.06. The summed E-state index contributed by atoms with van der Waals surface area (Å²) in [5.74, 6) is -0.644. The van der Waals surface area contributed by atoms with Crippen molar-refractivity contribution in [3.63, 3.8) is 0 Å². The Morgan fingerprint density at radius 3 is 2.81 bits per heavy atom. The van der Waals surface area contributed by atoms with Crippen LogP contribution in [0.5, 0.6) is 0 Å². The molecule has 0 spiro atoms. The molecule has 1 saturated heterocycles. The molecular weight excluding hydrogens is 340 g/mol. The summed E-state index contributed by atoms with van der Waals surface area (Å²) in [5.41, 5.74) is 0.957. The zero-order valence-corrected chi connectivity index (χ0v) is 14.8. The molecule has 2 atom stereocenters. The number of nitrogens with zero attached hydrogens (tertiary/aromatic N) is 5. The number of aryl methyl sites for hydroxylation is 1. The predicted octanol–water partition coefficient (Wildman–Crippen LogP) is -0.0838. The van der Waals surface area contributed by atoms with E-state index in [1.807, 2.05) is 0 Å². The number of methoxy groups -OCH3 is 1. The first-order chi connectivity index (χ1) is 12.5. The lowest BCUT2D eigenvalue weighted by Gasteiger charge is -2.15. The summed E-state index contributed by atoms with van der Waals surface area (Å²) in [5, 5.41) is 6.47. The molecule has 1 aliphatic rings. The van der Waals surface area contributed by atoms with E-state index in [1.165, 1.54) is 19.5 Å². The molecule has 1 fully saturated rings. The predicted molar refractivity (Wildman–Crippen MR) is 88.0 cm³/mol. The number of hydrogen-bond donors (Lipinski definition) is 1. The lowest BCUT2D eigenvalue weighted by Crippen LogP contribution is -2.34. The molecule has 2 aromatic heterocycles. The molecule has 3 rings (SSSR count). The molecule has 0 radical (unpaired) electrons. The third-order valence-electron chi connectivity index (χ3n) is 4.26. The van der Waals surface area contributed by atoms with E-state index in [-0.39, 0.29) is 37.2 Å². The van der Waals surface area contributed by atoms with Crippen LogP contribution in [0.25, 0.3) is 0 Å². The van der Waals surface area contributed by atoms with E-state index in [9.17, 15) is 9.59 Å². The fraction of sp³-hybridized carbons (Fsp3) is 0.500. The topological polar surface area (TPSA) is 123 Å². The Labute approximate surface area is 150 Å². The van der Waals surface area contributed by atoms with Gasteiger partial charge in [0.05, 0.1) is 23.7 Å². The van der Waals surface area contributed by atoms with E-state index in [2.05, 4.69) is 25.4 Å². The molecule has 26 heavy (non-hydrogen) atoms. The highest BCUT2D eigenvalue weighted by Crippen LogP contribution is 2.32. The molecule has 1 N–H and O–H groups in total. The van der Waals surface area contributed by atoms with Crippen LogP contribution in [0.3, 0.4) is 0 Å². The summed E-state index contributed by atoms with van der Waals surface area (Å²) in [6, 6.07) is 0. The van der Waals surface area contributed by atoms with Crippen LogP contribution in [-0.2, 0) is 16.1 Å². The van der Waals surface area contributed by atoms with Crippen LogP contribution >= 0.6 is 0 Å². The monoisotopic (exact) mass is 360 g/mol. The number of amides is 2. The van der Waals surface area contributed by atoms with Gasteiger partial charge in [0.25, 0.3) is 5.91 Å². The molecule has 10 heteroatoms. The first-order valence-corrected chi connectivity index (χ1v) is 8.14. The number of carbonyl (C=O) groups excluding carboxylic acids is 2. The first kappa shape index (κ1) is 17.9. The summed E-state index contributed by atoms with van der Waals surface area (Å²) >= 11 is 0. The maximum atomic E-state index is 12.7. The molecule has 3 heterocycles. The number of ether oxygens (including phenoxy) is 1. The van der Waals surface area contributed by atoms with Crippen molar-refractivity contribution in [2.75, 3.05) is 27.2 Å². The van der Waals surface area contributed by atoms with Gasteiger partial charge >= 0.3 is 0 Å². The molecule has 2 aromatic rings. The Hall–Kier alpha value is -2.88.